The summed E-state index contributed by atoms with van der Waals surface area (Å²) in [6, 6.07) is 11.6. The van der Waals surface area contributed by atoms with Crippen molar-refractivity contribution in [3.63, 3.8) is 0 Å². The molecule has 0 spiro atoms. The van der Waals surface area contributed by atoms with Gasteiger partial charge in [-0.1, -0.05) is 29.3 Å². The van der Waals surface area contributed by atoms with Gasteiger partial charge in [0.15, 0.2) is 5.82 Å². The van der Waals surface area contributed by atoms with E-state index in [2.05, 4.69) is 48.0 Å². The van der Waals surface area contributed by atoms with Crippen LogP contribution in [-0.2, 0) is 5.75 Å². The molecule has 0 saturated heterocycles. The molecule has 0 amide bonds. The Morgan fingerprint density at radius 1 is 1.20 bits per heavy atom. The first kappa shape index (κ1) is 15.1. The van der Waals surface area contributed by atoms with Crippen LogP contribution in [-0.4, -0.2) is 0 Å². The number of hydrogen-bond acceptors (Lipinski definition) is 2. The molecule has 0 fully saturated rings. The normalized spacial score (nSPS) is 10.3. The highest BCUT2D eigenvalue weighted by Crippen LogP contribution is 2.31. The van der Waals surface area contributed by atoms with Gasteiger partial charge < -0.3 is 0 Å². The van der Waals surface area contributed by atoms with Crippen LogP contribution in [0.4, 0.5) is 4.39 Å². The number of thioether (sulfide) groups is 1. The van der Waals surface area contributed by atoms with E-state index >= 15 is 0 Å². The van der Waals surface area contributed by atoms with Crippen LogP contribution in [0.25, 0.3) is 0 Å². The van der Waals surface area contributed by atoms with Crippen LogP contribution in [0.15, 0.2) is 39.7 Å². The van der Waals surface area contributed by atoms with Crippen molar-refractivity contribution in [2.75, 3.05) is 0 Å². The molecule has 0 radical (unpaired) electrons. The molecule has 0 aliphatic heterocycles. The van der Waals surface area contributed by atoms with Crippen molar-refractivity contribution < 1.29 is 4.39 Å². The van der Waals surface area contributed by atoms with E-state index in [1.54, 1.807) is 12.1 Å². The number of halogens is 2. The van der Waals surface area contributed by atoms with Crippen LogP contribution >= 0.6 is 27.7 Å². The van der Waals surface area contributed by atoms with Gasteiger partial charge in [-0.2, -0.15) is 5.26 Å². The topological polar surface area (TPSA) is 23.8 Å². The third-order valence-electron chi connectivity index (χ3n) is 2.84. The van der Waals surface area contributed by atoms with Gasteiger partial charge in [-0.15, -0.1) is 11.8 Å². The molecule has 0 heterocycles. The molecule has 2 aromatic rings. The summed E-state index contributed by atoms with van der Waals surface area (Å²) in [6.45, 7) is 4.11. The van der Waals surface area contributed by atoms with Gasteiger partial charge in [-0.25, -0.2) is 4.39 Å². The van der Waals surface area contributed by atoms with Crippen molar-refractivity contribution in [1.82, 2.24) is 0 Å². The van der Waals surface area contributed by atoms with E-state index in [9.17, 15) is 4.39 Å². The van der Waals surface area contributed by atoms with Gasteiger partial charge in [0.1, 0.15) is 6.07 Å². The van der Waals surface area contributed by atoms with Crippen molar-refractivity contribution in [2.45, 2.75) is 24.5 Å². The lowest BCUT2D eigenvalue weighted by Gasteiger charge is -2.07. The van der Waals surface area contributed by atoms with Gasteiger partial charge in [-0.05, 0) is 47.5 Å². The molecular formula is C16H13BrFNS. The molecule has 20 heavy (non-hydrogen) atoms. The average molecular weight is 350 g/mol. The van der Waals surface area contributed by atoms with E-state index in [1.165, 1.54) is 28.5 Å². The highest BCUT2D eigenvalue weighted by molar-refractivity contribution is 9.10. The zero-order valence-corrected chi connectivity index (χ0v) is 13.6. The second-order valence-electron chi connectivity index (χ2n) is 4.64. The first-order chi connectivity index (χ1) is 9.51. The lowest BCUT2D eigenvalue weighted by Crippen LogP contribution is -1.90. The van der Waals surface area contributed by atoms with Gasteiger partial charge in [0.25, 0.3) is 0 Å². The summed E-state index contributed by atoms with van der Waals surface area (Å²) in [5.41, 5.74) is 3.91. The molecule has 0 bridgehead atoms. The minimum Gasteiger partial charge on any atom is -0.204 e. The molecular weight excluding hydrogens is 337 g/mol. The van der Waals surface area contributed by atoms with Gasteiger partial charge >= 0.3 is 0 Å². The Morgan fingerprint density at radius 3 is 2.45 bits per heavy atom. The maximum absolute atomic E-state index is 14.1. The summed E-state index contributed by atoms with van der Waals surface area (Å²) in [7, 11) is 0. The number of nitriles is 1. The molecule has 0 N–H and O–H groups in total. The fourth-order valence-electron chi connectivity index (χ4n) is 2.04. The van der Waals surface area contributed by atoms with Gasteiger partial charge in [0, 0.05) is 10.6 Å². The van der Waals surface area contributed by atoms with Crippen LogP contribution < -0.4 is 0 Å². The summed E-state index contributed by atoms with van der Waals surface area (Å²) >= 11 is 4.57. The van der Waals surface area contributed by atoms with Crippen molar-refractivity contribution in [2.24, 2.45) is 0 Å². The Morgan fingerprint density at radius 2 is 1.85 bits per heavy atom. The van der Waals surface area contributed by atoms with E-state index in [4.69, 9.17) is 5.26 Å². The van der Waals surface area contributed by atoms with Crippen LogP contribution in [0.1, 0.15) is 22.3 Å². The van der Waals surface area contributed by atoms with Crippen LogP contribution in [0.3, 0.4) is 0 Å². The average Bonchev–Trinajstić information content (AvgIpc) is 2.39. The molecule has 0 aliphatic rings. The van der Waals surface area contributed by atoms with E-state index < -0.39 is 0 Å². The zero-order chi connectivity index (χ0) is 14.7. The summed E-state index contributed by atoms with van der Waals surface area (Å²) in [5, 5.41) is 8.85. The SMILES string of the molecule is Cc1cc(C)cc(CSc2ccc(C#N)c(Br)c2F)c1. The van der Waals surface area contributed by atoms with Gasteiger partial charge in [-0.3, -0.25) is 0 Å². The molecule has 102 valence electrons. The van der Waals surface area contributed by atoms with E-state index in [-0.39, 0.29) is 10.3 Å². The van der Waals surface area contributed by atoms with Crippen molar-refractivity contribution in [3.8, 4) is 6.07 Å². The Hall–Kier alpha value is -1.31. The predicted molar refractivity (Wildman–Crippen MR) is 84.3 cm³/mol. The monoisotopic (exact) mass is 349 g/mol. The third-order valence-corrected chi connectivity index (χ3v) is 4.72. The molecule has 0 unspecified atom stereocenters. The second kappa shape index (κ2) is 6.43. The summed E-state index contributed by atoms with van der Waals surface area (Å²) < 4.78 is 14.3. The van der Waals surface area contributed by atoms with Crippen molar-refractivity contribution in [3.05, 3.63) is 62.9 Å². The summed E-state index contributed by atoms with van der Waals surface area (Å²) in [4.78, 5) is 0.551. The standard InChI is InChI=1S/C16H13BrFNS/c1-10-5-11(2)7-12(6-10)9-20-14-4-3-13(8-19)15(17)16(14)18/h3-7H,9H2,1-2H3. The second-order valence-corrected chi connectivity index (χ2v) is 6.45. The Bertz CT molecular complexity index is 671. The third kappa shape index (κ3) is 3.41. The quantitative estimate of drug-likeness (QED) is 0.695. The fraction of sp³-hybridized carbons (Fsp3) is 0.188. The van der Waals surface area contributed by atoms with Crippen LogP contribution in [0.2, 0.25) is 0 Å². The highest BCUT2D eigenvalue weighted by Gasteiger charge is 2.11. The first-order valence-corrected chi connectivity index (χ1v) is 7.87. The van der Waals surface area contributed by atoms with E-state index in [1.807, 2.05) is 6.07 Å². The Kier molecular flexibility index (Phi) is 4.85. The van der Waals surface area contributed by atoms with E-state index in [0.29, 0.717) is 16.2 Å². The lowest BCUT2D eigenvalue weighted by atomic mass is 10.1. The largest absolute Gasteiger partial charge is 0.204 e. The van der Waals surface area contributed by atoms with Gasteiger partial charge in [0.05, 0.1) is 10.0 Å². The molecule has 0 aromatic heterocycles. The molecule has 0 aliphatic carbocycles. The van der Waals surface area contributed by atoms with Gasteiger partial charge in [0.2, 0.25) is 0 Å². The first-order valence-electron chi connectivity index (χ1n) is 6.09. The minimum atomic E-state index is -0.363. The molecule has 1 nitrogen and oxygen atoms in total. The smallest absolute Gasteiger partial charge is 0.152 e. The fourth-order valence-corrected chi connectivity index (χ4v) is 3.49. The number of nitrogens with zero attached hydrogens (tertiary/aromatic N) is 1. The summed E-state index contributed by atoms with van der Waals surface area (Å²) in [6.07, 6.45) is 0. The molecule has 4 heteroatoms. The van der Waals surface area contributed by atoms with Crippen molar-refractivity contribution >= 4 is 27.7 Å². The van der Waals surface area contributed by atoms with Crippen LogP contribution in [0, 0.1) is 31.0 Å². The van der Waals surface area contributed by atoms with E-state index in [0.717, 1.165) is 0 Å². The number of benzene rings is 2. The van der Waals surface area contributed by atoms with Crippen molar-refractivity contribution in [1.29, 1.82) is 5.26 Å². The molecule has 2 rings (SSSR count). The maximum Gasteiger partial charge on any atom is 0.152 e. The van der Waals surface area contributed by atoms with Crippen LogP contribution in [0.5, 0.6) is 0 Å². The highest BCUT2D eigenvalue weighted by atomic mass is 79.9. The zero-order valence-electron chi connectivity index (χ0n) is 11.2. The molecule has 0 saturated carbocycles. The number of rotatable bonds is 3. The number of aryl methyl sites for hydroxylation is 2. The Balaban J connectivity index is 2.19. The number of hydrogen-bond donors (Lipinski definition) is 0. The molecule has 0 atom stereocenters. The maximum atomic E-state index is 14.1. The lowest BCUT2D eigenvalue weighted by molar-refractivity contribution is 0.594. The Labute approximate surface area is 130 Å². The molecule has 2 aromatic carbocycles. The predicted octanol–water partition coefficient (Wildman–Crippen LogP) is 5.37. The summed E-state index contributed by atoms with van der Waals surface area (Å²) in [5.74, 6) is 0.344. The minimum absolute atomic E-state index is 0.241.